The van der Waals surface area contributed by atoms with Crippen molar-refractivity contribution >= 4 is 5.91 Å². The van der Waals surface area contributed by atoms with Crippen LogP contribution in [0.25, 0.3) is 5.69 Å². The maximum absolute atomic E-state index is 13.8. The van der Waals surface area contributed by atoms with E-state index in [2.05, 4.69) is 15.6 Å². The number of para-hydroxylation sites is 1. The summed E-state index contributed by atoms with van der Waals surface area (Å²) in [5.41, 5.74) is 1.62. The van der Waals surface area contributed by atoms with E-state index < -0.39 is 11.9 Å². The van der Waals surface area contributed by atoms with E-state index in [9.17, 15) is 9.18 Å². The lowest BCUT2D eigenvalue weighted by atomic mass is 10.1. The van der Waals surface area contributed by atoms with Crippen molar-refractivity contribution in [3.8, 4) is 11.4 Å². The molecule has 1 aromatic heterocycles. The number of rotatable bonds is 5. The van der Waals surface area contributed by atoms with E-state index in [0.717, 1.165) is 5.69 Å². The standard InChI is InChI=1S/C18H17FN4O2/c1-12(13-8-9-17(25-2)15(19)10-13)20-18(24)16-11-23(22-21-16)14-6-4-3-5-7-14/h3-12H,1-2H3,(H,20,24)/t12-/m0/s1. The molecule has 128 valence electrons. The fraction of sp³-hybridized carbons (Fsp3) is 0.167. The summed E-state index contributed by atoms with van der Waals surface area (Å²) in [4.78, 5) is 12.3. The van der Waals surface area contributed by atoms with Gasteiger partial charge in [0.25, 0.3) is 5.91 Å². The van der Waals surface area contributed by atoms with Crippen LogP contribution in [-0.4, -0.2) is 28.0 Å². The lowest BCUT2D eigenvalue weighted by Crippen LogP contribution is -2.27. The molecule has 1 amide bonds. The Morgan fingerprint density at radius 2 is 2.00 bits per heavy atom. The van der Waals surface area contributed by atoms with Gasteiger partial charge in [0.05, 0.1) is 25.0 Å². The molecule has 0 saturated heterocycles. The largest absolute Gasteiger partial charge is 0.494 e. The zero-order chi connectivity index (χ0) is 17.8. The Balaban J connectivity index is 1.72. The number of hydrogen-bond acceptors (Lipinski definition) is 4. The summed E-state index contributed by atoms with van der Waals surface area (Å²) in [7, 11) is 1.40. The zero-order valence-corrected chi connectivity index (χ0v) is 13.8. The van der Waals surface area contributed by atoms with E-state index >= 15 is 0 Å². The molecular weight excluding hydrogens is 323 g/mol. The molecule has 1 N–H and O–H groups in total. The molecule has 0 spiro atoms. The van der Waals surface area contributed by atoms with Crippen molar-refractivity contribution in [2.75, 3.05) is 7.11 Å². The van der Waals surface area contributed by atoms with Crippen LogP contribution >= 0.6 is 0 Å². The highest BCUT2D eigenvalue weighted by molar-refractivity contribution is 5.92. The molecule has 3 rings (SSSR count). The Morgan fingerprint density at radius 1 is 1.24 bits per heavy atom. The zero-order valence-electron chi connectivity index (χ0n) is 13.8. The van der Waals surface area contributed by atoms with E-state index in [1.165, 1.54) is 23.9 Å². The van der Waals surface area contributed by atoms with Gasteiger partial charge >= 0.3 is 0 Å². The first-order valence-electron chi connectivity index (χ1n) is 7.70. The van der Waals surface area contributed by atoms with E-state index in [4.69, 9.17) is 4.74 Å². The van der Waals surface area contributed by atoms with Gasteiger partial charge in [-0.2, -0.15) is 0 Å². The molecule has 0 aliphatic heterocycles. The minimum absolute atomic E-state index is 0.160. The topological polar surface area (TPSA) is 69.0 Å². The molecule has 0 unspecified atom stereocenters. The second-order valence-corrected chi connectivity index (χ2v) is 5.47. The summed E-state index contributed by atoms with van der Waals surface area (Å²) in [6.45, 7) is 1.76. The molecule has 2 aromatic carbocycles. The predicted molar refractivity (Wildman–Crippen MR) is 90.2 cm³/mol. The number of carbonyl (C=O) groups is 1. The number of nitrogens with one attached hydrogen (secondary N) is 1. The van der Waals surface area contributed by atoms with Gasteiger partial charge in [0.2, 0.25) is 0 Å². The van der Waals surface area contributed by atoms with E-state index in [1.807, 2.05) is 30.3 Å². The van der Waals surface area contributed by atoms with Gasteiger partial charge in [0.15, 0.2) is 17.3 Å². The van der Waals surface area contributed by atoms with E-state index in [0.29, 0.717) is 5.56 Å². The number of carbonyl (C=O) groups excluding carboxylic acids is 1. The number of ether oxygens (including phenoxy) is 1. The molecule has 0 fully saturated rings. The molecule has 6 nitrogen and oxygen atoms in total. The molecule has 0 aliphatic carbocycles. The van der Waals surface area contributed by atoms with Crippen molar-refractivity contribution in [1.82, 2.24) is 20.3 Å². The summed E-state index contributed by atoms with van der Waals surface area (Å²) in [5.74, 6) is -0.699. The molecule has 25 heavy (non-hydrogen) atoms. The number of methoxy groups -OCH3 is 1. The second kappa shape index (κ2) is 7.12. The van der Waals surface area contributed by atoms with Crippen molar-refractivity contribution in [3.05, 3.63) is 71.8 Å². The van der Waals surface area contributed by atoms with Gasteiger partial charge < -0.3 is 10.1 Å². The van der Waals surface area contributed by atoms with Crippen molar-refractivity contribution in [2.24, 2.45) is 0 Å². The van der Waals surface area contributed by atoms with Crippen LogP contribution in [0.3, 0.4) is 0 Å². The summed E-state index contributed by atoms with van der Waals surface area (Å²) >= 11 is 0. The third kappa shape index (κ3) is 3.65. The number of halogens is 1. The summed E-state index contributed by atoms with van der Waals surface area (Å²) < 4.78 is 20.2. The number of benzene rings is 2. The monoisotopic (exact) mass is 340 g/mol. The van der Waals surface area contributed by atoms with Crippen LogP contribution in [0.2, 0.25) is 0 Å². The lowest BCUT2D eigenvalue weighted by molar-refractivity contribution is 0.0934. The van der Waals surface area contributed by atoms with Gasteiger partial charge in [-0.15, -0.1) is 5.10 Å². The van der Waals surface area contributed by atoms with Gasteiger partial charge in [-0.3, -0.25) is 4.79 Å². The first-order chi connectivity index (χ1) is 12.1. The van der Waals surface area contributed by atoms with E-state index in [1.54, 1.807) is 19.2 Å². The molecule has 1 atom stereocenters. The fourth-order valence-electron chi connectivity index (χ4n) is 2.38. The number of hydrogen-bond donors (Lipinski definition) is 1. The SMILES string of the molecule is COc1ccc([C@H](C)NC(=O)c2cn(-c3ccccc3)nn2)cc1F. The first-order valence-corrected chi connectivity index (χ1v) is 7.70. The van der Waals surface area contributed by atoms with Crippen LogP contribution in [0.1, 0.15) is 29.0 Å². The summed E-state index contributed by atoms with van der Waals surface area (Å²) in [5, 5.41) is 10.6. The minimum atomic E-state index is -0.476. The molecule has 0 saturated carbocycles. The van der Waals surface area contributed by atoms with Crippen LogP contribution in [0, 0.1) is 5.82 Å². The molecule has 3 aromatic rings. The molecule has 0 radical (unpaired) electrons. The minimum Gasteiger partial charge on any atom is -0.494 e. The Morgan fingerprint density at radius 3 is 2.68 bits per heavy atom. The number of aromatic nitrogens is 3. The Labute approximate surface area is 144 Å². The number of nitrogens with zero attached hydrogens (tertiary/aromatic N) is 3. The molecule has 0 aliphatic rings. The summed E-state index contributed by atoms with van der Waals surface area (Å²) in [6.07, 6.45) is 1.55. The highest BCUT2D eigenvalue weighted by atomic mass is 19.1. The Kier molecular flexibility index (Phi) is 4.74. The fourth-order valence-corrected chi connectivity index (χ4v) is 2.38. The van der Waals surface area contributed by atoms with Crippen LogP contribution in [0.4, 0.5) is 4.39 Å². The maximum atomic E-state index is 13.8. The third-order valence-corrected chi connectivity index (χ3v) is 3.77. The van der Waals surface area contributed by atoms with Crippen molar-refractivity contribution < 1.29 is 13.9 Å². The van der Waals surface area contributed by atoms with E-state index in [-0.39, 0.29) is 17.4 Å². The molecule has 1 heterocycles. The van der Waals surface area contributed by atoms with Gasteiger partial charge in [0.1, 0.15) is 0 Å². The normalized spacial score (nSPS) is 11.8. The van der Waals surface area contributed by atoms with Crippen LogP contribution in [-0.2, 0) is 0 Å². The lowest BCUT2D eigenvalue weighted by Gasteiger charge is -2.14. The molecular formula is C18H17FN4O2. The van der Waals surface area contributed by atoms with Crippen molar-refractivity contribution in [1.29, 1.82) is 0 Å². The average molecular weight is 340 g/mol. The van der Waals surface area contributed by atoms with Gasteiger partial charge in [-0.25, -0.2) is 9.07 Å². The highest BCUT2D eigenvalue weighted by Crippen LogP contribution is 2.21. The van der Waals surface area contributed by atoms with Crippen molar-refractivity contribution in [2.45, 2.75) is 13.0 Å². The molecule has 0 bridgehead atoms. The first kappa shape index (κ1) is 16.6. The smallest absolute Gasteiger partial charge is 0.273 e. The predicted octanol–water partition coefficient (Wildman–Crippen LogP) is 2.91. The molecule has 7 heteroatoms. The maximum Gasteiger partial charge on any atom is 0.273 e. The third-order valence-electron chi connectivity index (χ3n) is 3.77. The van der Waals surface area contributed by atoms with Gasteiger partial charge in [0, 0.05) is 0 Å². The Hall–Kier alpha value is -3.22. The Bertz CT molecular complexity index is 880. The quantitative estimate of drug-likeness (QED) is 0.775. The van der Waals surface area contributed by atoms with Crippen LogP contribution < -0.4 is 10.1 Å². The highest BCUT2D eigenvalue weighted by Gasteiger charge is 2.16. The van der Waals surface area contributed by atoms with Gasteiger partial charge in [-0.05, 0) is 36.8 Å². The van der Waals surface area contributed by atoms with Crippen LogP contribution in [0.15, 0.2) is 54.7 Å². The summed E-state index contributed by atoms with van der Waals surface area (Å²) in [6, 6.07) is 13.5. The second-order valence-electron chi connectivity index (χ2n) is 5.47. The van der Waals surface area contributed by atoms with Crippen LogP contribution in [0.5, 0.6) is 5.75 Å². The average Bonchev–Trinajstić information content (AvgIpc) is 3.12. The number of amides is 1. The van der Waals surface area contributed by atoms with Crippen molar-refractivity contribution in [3.63, 3.8) is 0 Å². The van der Waals surface area contributed by atoms with Gasteiger partial charge in [-0.1, -0.05) is 29.5 Å².